The molecule has 0 bridgehead atoms. The van der Waals surface area contributed by atoms with E-state index in [2.05, 4.69) is 38.0 Å². The number of likely N-dealkylation sites (N-methyl/N-ethyl adjacent to an activating group) is 1. The zero-order valence-corrected chi connectivity index (χ0v) is 12.5. The second kappa shape index (κ2) is 6.85. The predicted molar refractivity (Wildman–Crippen MR) is 74.8 cm³/mol. The number of ether oxygens (including phenoxy) is 1. The van der Waals surface area contributed by atoms with Crippen molar-refractivity contribution in [1.29, 1.82) is 0 Å². The van der Waals surface area contributed by atoms with E-state index in [1.807, 2.05) is 0 Å². The quantitative estimate of drug-likeness (QED) is 0.718. The maximum Gasteiger partial charge on any atom is 0.0609 e. The van der Waals surface area contributed by atoms with Gasteiger partial charge in [-0.3, -0.25) is 4.90 Å². The van der Waals surface area contributed by atoms with Crippen LogP contribution in [0.5, 0.6) is 0 Å². The number of rotatable bonds is 7. The molecular formula is C14H30N2O2. The van der Waals surface area contributed by atoms with Crippen LogP contribution in [-0.4, -0.2) is 62.0 Å². The van der Waals surface area contributed by atoms with Crippen LogP contribution in [-0.2, 0) is 4.74 Å². The molecule has 1 rings (SSSR count). The Labute approximate surface area is 112 Å². The Hall–Kier alpha value is -0.160. The summed E-state index contributed by atoms with van der Waals surface area (Å²) in [5.74, 6) is 0. The van der Waals surface area contributed by atoms with E-state index in [1.54, 1.807) is 0 Å². The number of hydrogen-bond donors (Lipinski definition) is 2. The molecule has 0 spiro atoms. The summed E-state index contributed by atoms with van der Waals surface area (Å²) in [6.45, 7) is 11.3. The first-order valence-corrected chi connectivity index (χ1v) is 7.06. The standard InChI is InChI=1S/C14H30N2O2/c1-5-15-10-14(6-8-18-9-7-14)11-16(4)13(2,3)12-17/h15,17H,5-12H2,1-4H3. The van der Waals surface area contributed by atoms with Gasteiger partial charge >= 0.3 is 0 Å². The molecule has 108 valence electrons. The van der Waals surface area contributed by atoms with Crippen LogP contribution in [0, 0.1) is 5.41 Å². The highest BCUT2D eigenvalue weighted by molar-refractivity contribution is 4.90. The number of nitrogens with one attached hydrogen (secondary N) is 1. The van der Waals surface area contributed by atoms with Gasteiger partial charge in [0.1, 0.15) is 0 Å². The maximum absolute atomic E-state index is 9.47. The summed E-state index contributed by atoms with van der Waals surface area (Å²) in [5, 5.41) is 13.0. The minimum Gasteiger partial charge on any atom is -0.394 e. The van der Waals surface area contributed by atoms with E-state index in [4.69, 9.17) is 4.74 Å². The third kappa shape index (κ3) is 4.19. The van der Waals surface area contributed by atoms with Gasteiger partial charge in [-0.2, -0.15) is 0 Å². The van der Waals surface area contributed by atoms with E-state index in [1.165, 1.54) is 0 Å². The van der Waals surface area contributed by atoms with Crippen molar-refractivity contribution < 1.29 is 9.84 Å². The SMILES string of the molecule is CCNCC1(CN(C)C(C)(C)CO)CCOCC1. The third-order valence-electron chi connectivity index (χ3n) is 4.30. The second-order valence-corrected chi connectivity index (χ2v) is 6.22. The number of aliphatic hydroxyl groups is 1. The molecule has 0 aromatic rings. The van der Waals surface area contributed by atoms with Crippen molar-refractivity contribution in [2.24, 2.45) is 5.41 Å². The Bertz CT molecular complexity index is 238. The Morgan fingerprint density at radius 2 is 1.94 bits per heavy atom. The van der Waals surface area contributed by atoms with Gasteiger partial charge in [-0.1, -0.05) is 6.92 Å². The third-order valence-corrected chi connectivity index (χ3v) is 4.30. The zero-order chi connectivity index (χ0) is 13.6. The van der Waals surface area contributed by atoms with Crippen molar-refractivity contribution in [2.75, 3.05) is 46.5 Å². The molecule has 1 aliphatic heterocycles. The number of hydrogen-bond acceptors (Lipinski definition) is 4. The molecule has 0 unspecified atom stereocenters. The molecule has 0 saturated carbocycles. The monoisotopic (exact) mass is 258 g/mol. The molecular weight excluding hydrogens is 228 g/mol. The molecule has 0 aliphatic carbocycles. The van der Waals surface area contributed by atoms with Crippen LogP contribution in [0.3, 0.4) is 0 Å². The molecule has 0 aromatic heterocycles. The highest BCUT2D eigenvalue weighted by Gasteiger charge is 2.36. The summed E-state index contributed by atoms with van der Waals surface area (Å²) in [6.07, 6.45) is 2.21. The van der Waals surface area contributed by atoms with Crippen LogP contribution in [0.15, 0.2) is 0 Å². The van der Waals surface area contributed by atoms with Crippen molar-refractivity contribution in [3.8, 4) is 0 Å². The number of nitrogens with zero attached hydrogens (tertiary/aromatic N) is 1. The fraction of sp³-hybridized carbons (Fsp3) is 1.00. The summed E-state index contributed by atoms with van der Waals surface area (Å²) in [5.41, 5.74) is 0.132. The molecule has 1 fully saturated rings. The second-order valence-electron chi connectivity index (χ2n) is 6.22. The predicted octanol–water partition coefficient (Wildman–Crippen LogP) is 1.10. The summed E-state index contributed by atoms with van der Waals surface area (Å²) in [6, 6.07) is 0. The molecule has 1 heterocycles. The van der Waals surface area contributed by atoms with Crippen LogP contribution in [0.2, 0.25) is 0 Å². The van der Waals surface area contributed by atoms with E-state index in [9.17, 15) is 5.11 Å². The summed E-state index contributed by atoms with van der Waals surface area (Å²) < 4.78 is 5.50. The molecule has 18 heavy (non-hydrogen) atoms. The lowest BCUT2D eigenvalue weighted by atomic mass is 9.78. The summed E-state index contributed by atoms with van der Waals surface area (Å²) in [7, 11) is 2.11. The van der Waals surface area contributed by atoms with E-state index in [0.29, 0.717) is 0 Å². The molecule has 0 radical (unpaired) electrons. The molecule has 2 N–H and O–H groups in total. The summed E-state index contributed by atoms with van der Waals surface area (Å²) in [4.78, 5) is 2.29. The number of aliphatic hydroxyl groups excluding tert-OH is 1. The lowest BCUT2D eigenvalue weighted by molar-refractivity contribution is -0.0251. The topological polar surface area (TPSA) is 44.7 Å². The smallest absolute Gasteiger partial charge is 0.0609 e. The highest BCUT2D eigenvalue weighted by Crippen LogP contribution is 2.32. The van der Waals surface area contributed by atoms with Crippen molar-refractivity contribution in [1.82, 2.24) is 10.2 Å². The van der Waals surface area contributed by atoms with Gasteiger partial charge in [-0.25, -0.2) is 0 Å². The van der Waals surface area contributed by atoms with Crippen LogP contribution in [0.4, 0.5) is 0 Å². The minimum absolute atomic E-state index is 0.155. The molecule has 1 aliphatic rings. The molecule has 0 aromatic carbocycles. The Balaban J connectivity index is 2.65. The Morgan fingerprint density at radius 3 is 2.44 bits per heavy atom. The fourth-order valence-corrected chi connectivity index (χ4v) is 2.42. The molecule has 1 saturated heterocycles. The molecule has 0 atom stereocenters. The van der Waals surface area contributed by atoms with Gasteiger partial charge in [0, 0.05) is 31.8 Å². The van der Waals surface area contributed by atoms with Crippen LogP contribution in [0.25, 0.3) is 0 Å². The van der Waals surface area contributed by atoms with Crippen LogP contribution in [0.1, 0.15) is 33.6 Å². The van der Waals surface area contributed by atoms with Crippen molar-refractivity contribution in [2.45, 2.75) is 39.2 Å². The van der Waals surface area contributed by atoms with Crippen molar-refractivity contribution in [3.63, 3.8) is 0 Å². The largest absolute Gasteiger partial charge is 0.394 e. The first kappa shape index (κ1) is 15.9. The van der Waals surface area contributed by atoms with E-state index in [0.717, 1.165) is 45.7 Å². The van der Waals surface area contributed by atoms with Crippen LogP contribution >= 0.6 is 0 Å². The lowest BCUT2D eigenvalue weighted by Gasteiger charge is -2.44. The summed E-state index contributed by atoms with van der Waals surface area (Å²) >= 11 is 0. The minimum atomic E-state index is -0.155. The highest BCUT2D eigenvalue weighted by atomic mass is 16.5. The van der Waals surface area contributed by atoms with Crippen molar-refractivity contribution >= 4 is 0 Å². The van der Waals surface area contributed by atoms with Gasteiger partial charge < -0.3 is 15.2 Å². The lowest BCUT2D eigenvalue weighted by Crippen LogP contribution is -2.53. The average molecular weight is 258 g/mol. The first-order chi connectivity index (χ1) is 8.46. The molecule has 4 heteroatoms. The van der Waals surface area contributed by atoms with Crippen molar-refractivity contribution in [3.05, 3.63) is 0 Å². The van der Waals surface area contributed by atoms with Gasteiger partial charge in [-0.15, -0.1) is 0 Å². The van der Waals surface area contributed by atoms with Gasteiger partial charge in [0.05, 0.1) is 6.61 Å². The first-order valence-electron chi connectivity index (χ1n) is 7.06. The van der Waals surface area contributed by atoms with Gasteiger partial charge in [-0.05, 0) is 45.7 Å². The van der Waals surface area contributed by atoms with E-state index < -0.39 is 0 Å². The van der Waals surface area contributed by atoms with E-state index >= 15 is 0 Å². The normalized spacial score (nSPS) is 20.3. The Kier molecular flexibility index (Phi) is 6.05. The maximum atomic E-state index is 9.47. The Morgan fingerprint density at radius 1 is 1.33 bits per heavy atom. The molecule has 4 nitrogen and oxygen atoms in total. The fourth-order valence-electron chi connectivity index (χ4n) is 2.42. The van der Waals surface area contributed by atoms with Gasteiger partial charge in [0.2, 0.25) is 0 Å². The van der Waals surface area contributed by atoms with Gasteiger partial charge in [0.15, 0.2) is 0 Å². The van der Waals surface area contributed by atoms with E-state index in [-0.39, 0.29) is 17.6 Å². The zero-order valence-electron chi connectivity index (χ0n) is 12.5. The molecule has 0 amide bonds. The van der Waals surface area contributed by atoms with Gasteiger partial charge in [0.25, 0.3) is 0 Å². The van der Waals surface area contributed by atoms with Crippen LogP contribution < -0.4 is 5.32 Å². The average Bonchev–Trinajstić information content (AvgIpc) is 2.37.